The van der Waals surface area contributed by atoms with Crippen LogP contribution < -0.4 is 0 Å². The van der Waals surface area contributed by atoms with Gasteiger partial charge in [-0.05, 0) is 6.92 Å². The molecule has 0 aromatic rings. The fourth-order valence-electron chi connectivity index (χ4n) is 0.396. The third kappa shape index (κ3) is 1.84. The van der Waals surface area contributed by atoms with Crippen molar-refractivity contribution in [3.05, 3.63) is 0 Å². The Morgan fingerprint density at radius 1 is 1.42 bits per heavy atom. The summed E-state index contributed by atoms with van der Waals surface area (Å²) >= 11 is 0. The standard InChI is InChI=1S/C5H6F4O3/c1-2-12-5(8,9)4(6,7)3(10)11/h2H2,1H3,(H,10,11). The number of hydrogen-bond donors (Lipinski definition) is 1. The molecule has 3 nitrogen and oxygen atoms in total. The number of rotatable bonds is 4. The Morgan fingerprint density at radius 2 is 1.83 bits per heavy atom. The zero-order valence-electron chi connectivity index (χ0n) is 5.98. The van der Waals surface area contributed by atoms with E-state index in [0.717, 1.165) is 6.92 Å². The molecule has 0 unspecified atom stereocenters. The fourth-order valence-corrected chi connectivity index (χ4v) is 0.396. The van der Waals surface area contributed by atoms with Crippen molar-refractivity contribution in [1.29, 1.82) is 0 Å². The maximum Gasteiger partial charge on any atom is 0.431 e. The molecule has 12 heavy (non-hydrogen) atoms. The van der Waals surface area contributed by atoms with Crippen molar-refractivity contribution in [2.45, 2.75) is 19.0 Å². The second kappa shape index (κ2) is 3.26. The van der Waals surface area contributed by atoms with Gasteiger partial charge in [0.25, 0.3) is 0 Å². The Balaban J connectivity index is 4.62. The number of ether oxygens (including phenoxy) is 1. The predicted molar refractivity (Wildman–Crippen MR) is 29.2 cm³/mol. The van der Waals surface area contributed by atoms with Crippen LogP contribution in [0.15, 0.2) is 0 Å². The van der Waals surface area contributed by atoms with E-state index in [0.29, 0.717) is 0 Å². The fraction of sp³-hybridized carbons (Fsp3) is 0.800. The molecule has 0 aliphatic carbocycles. The molecule has 0 radical (unpaired) electrons. The van der Waals surface area contributed by atoms with Crippen LogP contribution in [0.4, 0.5) is 17.6 Å². The van der Waals surface area contributed by atoms with Crippen molar-refractivity contribution in [2.75, 3.05) is 6.61 Å². The van der Waals surface area contributed by atoms with Gasteiger partial charge in [0.05, 0.1) is 6.61 Å². The number of alkyl halides is 4. The first kappa shape index (κ1) is 11.2. The lowest BCUT2D eigenvalue weighted by atomic mass is 10.3. The Morgan fingerprint density at radius 3 is 2.08 bits per heavy atom. The third-order valence-corrected chi connectivity index (χ3v) is 0.960. The van der Waals surface area contributed by atoms with Gasteiger partial charge in [-0.2, -0.15) is 17.6 Å². The topological polar surface area (TPSA) is 46.5 Å². The van der Waals surface area contributed by atoms with Crippen molar-refractivity contribution in [1.82, 2.24) is 0 Å². The van der Waals surface area contributed by atoms with E-state index in [2.05, 4.69) is 4.74 Å². The van der Waals surface area contributed by atoms with E-state index in [9.17, 15) is 22.4 Å². The molecule has 1 N–H and O–H groups in total. The van der Waals surface area contributed by atoms with Gasteiger partial charge in [-0.1, -0.05) is 0 Å². The molecule has 0 fully saturated rings. The van der Waals surface area contributed by atoms with Crippen LogP contribution in [-0.4, -0.2) is 29.7 Å². The normalized spacial score (nSPS) is 13.1. The van der Waals surface area contributed by atoms with E-state index >= 15 is 0 Å². The molecule has 0 saturated carbocycles. The first-order valence-corrected chi connectivity index (χ1v) is 2.88. The predicted octanol–water partition coefficient (Wildman–Crippen LogP) is 1.34. The number of carboxylic acids is 1. The van der Waals surface area contributed by atoms with Crippen LogP contribution in [0.3, 0.4) is 0 Å². The molecule has 0 aliphatic heterocycles. The summed E-state index contributed by atoms with van der Waals surface area (Å²) in [7, 11) is 0. The van der Waals surface area contributed by atoms with E-state index < -0.39 is 24.6 Å². The van der Waals surface area contributed by atoms with Crippen LogP contribution >= 0.6 is 0 Å². The van der Waals surface area contributed by atoms with E-state index in [1.54, 1.807) is 0 Å². The summed E-state index contributed by atoms with van der Waals surface area (Å²) in [5.74, 6) is -8.11. The molecular weight excluding hydrogens is 184 g/mol. The minimum Gasteiger partial charge on any atom is -0.477 e. The number of carboxylic acid groups (broad SMARTS) is 1. The number of hydrogen-bond acceptors (Lipinski definition) is 2. The molecule has 0 atom stereocenters. The zero-order valence-corrected chi connectivity index (χ0v) is 5.98. The second-order valence-electron chi connectivity index (χ2n) is 1.83. The van der Waals surface area contributed by atoms with Gasteiger partial charge in [-0.25, -0.2) is 4.79 Å². The molecule has 0 bridgehead atoms. The first-order valence-electron chi connectivity index (χ1n) is 2.88. The average Bonchev–Trinajstić information content (AvgIpc) is 1.86. The van der Waals surface area contributed by atoms with Gasteiger partial charge in [0.1, 0.15) is 0 Å². The van der Waals surface area contributed by atoms with Gasteiger partial charge in [-0.15, -0.1) is 0 Å². The lowest BCUT2D eigenvalue weighted by molar-refractivity contribution is -0.336. The van der Waals surface area contributed by atoms with Gasteiger partial charge < -0.3 is 9.84 Å². The molecule has 0 amide bonds. The summed E-state index contributed by atoms with van der Waals surface area (Å²) in [6.07, 6.45) is -4.96. The van der Waals surface area contributed by atoms with E-state index in [4.69, 9.17) is 5.11 Å². The Hall–Kier alpha value is -0.850. The zero-order chi connectivity index (χ0) is 9.99. The highest BCUT2D eigenvalue weighted by Crippen LogP contribution is 2.35. The summed E-state index contributed by atoms with van der Waals surface area (Å²) in [5, 5.41) is 7.69. The van der Waals surface area contributed by atoms with Crippen LogP contribution in [-0.2, 0) is 9.53 Å². The largest absolute Gasteiger partial charge is 0.477 e. The monoisotopic (exact) mass is 190 g/mol. The minimum atomic E-state index is -5.19. The third-order valence-electron chi connectivity index (χ3n) is 0.960. The number of halogens is 4. The Kier molecular flexibility index (Phi) is 3.03. The molecule has 0 aliphatic rings. The van der Waals surface area contributed by atoms with Crippen molar-refractivity contribution in [3.8, 4) is 0 Å². The van der Waals surface area contributed by atoms with Crippen LogP contribution in [0.5, 0.6) is 0 Å². The molecule has 0 saturated heterocycles. The van der Waals surface area contributed by atoms with Crippen molar-refractivity contribution >= 4 is 5.97 Å². The molecular formula is C5H6F4O3. The number of carbonyl (C=O) groups is 1. The molecule has 0 aromatic carbocycles. The van der Waals surface area contributed by atoms with Gasteiger partial charge >= 0.3 is 18.0 Å². The summed E-state index contributed by atoms with van der Waals surface area (Å²) in [6, 6.07) is 0. The summed E-state index contributed by atoms with van der Waals surface area (Å²) in [5.41, 5.74) is 0. The molecule has 0 heterocycles. The van der Waals surface area contributed by atoms with Crippen LogP contribution in [0.1, 0.15) is 6.92 Å². The maximum atomic E-state index is 12.1. The molecule has 0 rings (SSSR count). The van der Waals surface area contributed by atoms with Crippen molar-refractivity contribution < 1.29 is 32.2 Å². The molecule has 0 spiro atoms. The summed E-state index contributed by atoms with van der Waals surface area (Å²) < 4.78 is 51.6. The van der Waals surface area contributed by atoms with Crippen molar-refractivity contribution in [3.63, 3.8) is 0 Å². The van der Waals surface area contributed by atoms with Crippen LogP contribution in [0, 0.1) is 0 Å². The van der Waals surface area contributed by atoms with Crippen LogP contribution in [0.2, 0.25) is 0 Å². The lowest BCUT2D eigenvalue weighted by Gasteiger charge is -2.21. The van der Waals surface area contributed by atoms with Gasteiger partial charge in [0.2, 0.25) is 0 Å². The molecule has 7 heteroatoms. The minimum absolute atomic E-state index is 0.699. The van der Waals surface area contributed by atoms with E-state index in [1.807, 2.05) is 0 Å². The quantitative estimate of drug-likeness (QED) is 0.680. The highest BCUT2D eigenvalue weighted by Gasteiger charge is 2.64. The van der Waals surface area contributed by atoms with Gasteiger partial charge in [0, 0.05) is 0 Å². The summed E-state index contributed by atoms with van der Waals surface area (Å²) in [4.78, 5) is 9.63. The molecule has 0 aromatic heterocycles. The highest BCUT2D eigenvalue weighted by atomic mass is 19.3. The Labute approximate surface area is 64.9 Å². The average molecular weight is 190 g/mol. The van der Waals surface area contributed by atoms with Gasteiger partial charge in [-0.3, -0.25) is 0 Å². The maximum absolute atomic E-state index is 12.1. The molecule has 72 valence electrons. The second-order valence-corrected chi connectivity index (χ2v) is 1.83. The smallest absolute Gasteiger partial charge is 0.431 e. The summed E-state index contributed by atoms with van der Waals surface area (Å²) in [6.45, 7) is 0.349. The lowest BCUT2D eigenvalue weighted by Crippen LogP contribution is -2.48. The van der Waals surface area contributed by atoms with Crippen LogP contribution in [0.25, 0.3) is 0 Å². The number of aliphatic carboxylic acids is 1. The SMILES string of the molecule is CCOC(F)(F)C(F)(F)C(=O)O. The van der Waals surface area contributed by atoms with Gasteiger partial charge in [0.15, 0.2) is 0 Å². The van der Waals surface area contributed by atoms with Crippen molar-refractivity contribution in [2.24, 2.45) is 0 Å². The van der Waals surface area contributed by atoms with E-state index in [-0.39, 0.29) is 0 Å². The Bertz CT molecular complexity index is 180. The first-order chi connectivity index (χ1) is 5.25. The highest BCUT2D eigenvalue weighted by molar-refractivity contribution is 5.76. The van der Waals surface area contributed by atoms with E-state index in [1.165, 1.54) is 0 Å².